The van der Waals surface area contributed by atoms with Gasteiger partial charge in [0, 0.05) is 46.8 Å². The summed E-state index contributed by atoms with van der Waals surface area (Å²) in [6, 6.07) is 0. The lowest BCUT2D eigenvalue weighted by Crippen LogP contribution is -2.53. The van der Waals surface area contributed by atoms with Crippen LogP contribution >= 0.6 is 0 Å². The molecular weight excluding hydrogens is 272 g/mol. The highest BCUT2D eigenvalue weighted by Gasteiger charge is 2.34. The first-order valence-electron chi connectivity index (χ1n) is 7.58. The molecule has 0 radical (unpaired) electrons. The van der Waals surface area contributed by atoms with Crippen LogP contribution in [0.3, 0.4) is 0 Å². The van der Waals surface area contributed by atoms with E-state index in [4.69, 9.17) is 10.5 Å². The standard InChI is InChI=1S/C14H26N4O3/c1-16(2)13(19)10-17-5-7-18(8-6-17)14(20)12-4-3-11(9-15)21-12/h11-12H,3-10,15H2,1-2H3. The molecule has 0 aromatic heterocycles. The molecule has 21 heavy (non-hydrogen) atoms. The number of amides is 2. The maximum atomic E-state index is 12.4. The summed E-state index contributed by atoms with van der Waals surface area (Å²) in [6.45, 7) is 3.69. The van der Waals surface area contributed by atoms with Crippen molar-refractivity contribution in [3.63, 3.8) is 0 Å². The molecule has 2 rings (SSSR count). The van der Waals surface area contributed by atoms with Crippen LogP contribution in [-0.2, 0) is 14.3 Å². The molecule has 2 N–H and O–H groups in total. The molecule has 0 aliphatic carbocycles. The van der Waals surface area contributed by atoms with Crippen LogP contribution in [0.2, 0.25) is 0 Å². The van der Waals surface area contributed by atoms with Crippen molar-refractivity contribution >= 4 is 11.8 Å². The van der Waals surface area contributed by atoms with Gasteiger partial charge in [0.1, 0.15) is 6.10 Å². The van der Waals surface area contributed by atoms with Gasteiger partial charge in [-0.25, -0.2) is 0 Å². The van der Waals surface area contributed by atoms with Crippen molar-refractivity contribution in [1.29, 1.82) is 0 Å². The summed E-state index contributed by atoms with van der Waals surface area (Å²) in [5.74, 6) is 0.171. The van der Waals surface area contributed by atoms with Crippen LogP contribution in [0.5, 0.6) is 0 Å². The van der Waals surface area contributed by atoms with Gasteiger partial charge in [-0.05, 0) is 12.8 Å². The van der Waals surface area contributed by atoms with Gasteiger partial charge in [-0.15, -0.1) is 0 Å². The molecule has 2 aliphatic heterocycles. The highest BCUT2D eigenvalue weighted by atomic mass is 16.5. The lowest BCUT2D eigenvalue weighted by Gasteiger charge is -2.35. The molecule has 2 saturated heterocycles. The smallest absolute Gasteiger partial charge is 0.251 e. The number of rotatable bonds is 4. The molecule has 7 nitrogen and oxygen atoms in total. The van der Waals surface area contributed by atoms with E-state index in [1.54, 1.807) is 19.0 Å². The molecule has 2 amide bonds. The number of carbonyl (C=O) groups excluding carboxylic acids is 2. The second kappa shape index (κ2) is 7.20. The van der Waals surface area contributed by atoms with E-state index >= 15 is 0 Å². The first kappa shape index (κ1) is 16.2. The van der Waals surface area contributed by atoms with Crippen molar-refractivity contribution in [2.24, 2.45) is 5.73 Å². The molecular formula is C14H26N4O3. The van der Waals surface area contributed by atoms with E-state index in [0.29, 0.717) is 26.2 Å². The fraction of sp³-hybridized carbons (Fsp3) is 0.857. The first-order chi connectivity index (χ1) is 10.0. The fourth-order valence-electron chi connectivity index (χ4n) is 2.72. The molecule has 2 aliphatic rings. The van der Waals surface area contributed by atoms with Crippen LogP contribution in [0.25, 0.3) is 0 Å². The molecule has 2 heterocycles. The normalized spacial score (nSPS) is 26.9. The Kier molecular flexibility index (Phi) is 5.55. The van der Waals surface area contributed by atoms with Gasteiger partial charge in [-0.1, -0.05) is 0 Å². The van der Waals surface area contributed by atoms with Crippen LogP contribution < -0.4 is 5.73 Å². The van der Waals surface area contributed by atoms with Crippen molar-refractivity contribution in [3.05, 3.63) is 0 Å². The summed E-state index contributed by atoms with van der Waals surface area (Å²) in [5, 5.41) is 0. The van der Waals surface area contributed by atoms with E-state index in [-0.39, 0.29) is 24.0 Å². The number of hydrogen-bond acceptors (Lipinski definition) is 5. The third-order valence-corrected chi connectivity index (χ3v) is 4.19. The molecule has 0 aromatic carbocycles. The van der Waals surface area contributed by atoms with Gasteiger partial charge in [0.25, 0.3) is 5.91 Å². The second-order valence-electron chi connectivity index (χ2n) is 5.95. The summed E-state index contributed by atoms with van der Waals surface area (Å²) in [7, 11) is 3.51. The summed E-state index contributed by atoms with van der Waals surface area (Å²) in [4.78, 5) is 29.6. The zero-order valence-corrected chi connectivity index (χ0v) is 13.0. The molecule has 2 fully saturated rings. The third kappa shape index (κ3) is 4.15. The van der Waals surface area contributed by atoms with Gasteiger partial charge in [-0.2, -0.15) is 0 Å². The van der Waals surface area contributed by atoms with E-state index in [1.165, 1.54) is 0 Å². The number of nitrogens with zero attached hydrogens (tertiary/aromatic N) is 3. The predicted molar refractivity (Wildman–Crippen MR) is 78.7 cm³/mol. The summed E-state index contributed by atoms with van der Waals surface area (Å²) in [5.41, 5.74) is 5.57. The number of ether oxygens (including phenoxy) is 1. The van der Waals surface area contributed by atoms with E-state index in [9.17, 15) is 9.59 Å². The molecule has 0 spiro atoms. The molecule has 0 saturated carbocycles. The number of nitrogens with two attached hydrogens (primary N) is 1. The Balaban J connectivity index is 1.76. The predicted octanol–water partition coefficient (Wildman–Crippen LogP) is -1.27. The van der Waals surface area contributed by atoms with E-state index in [1.807, 2.05) is 4.90 Å². The van der Waals surface area contributed by atoms with Crippen molar-refractivity contribution in [3.8, 4) is 0 Å². The average Bonchev–Trinajstić information content (AvgIpc) is 2.96. The molecule has 2 atom stereocenters. The van der Waals surface area contributed by atoms with Crippen molar-refractivity contribution in [2.45, 2.75) is 25.0 Å². The van der Waals surface area contributed by atoms with Gasteiger partial charge in [0.15, 0.2) is 0 Å². The molecule has 0 bridgehead atoms. The zero-order valence-electron chi connectivity index (χ0n) is 13.0. The largest absolute Gasteiger partial charge is 0.364 e. The van der Waals surface area contributed by atoms with E-state index in [2.05, 4.69) is 4.90 Å². The van der Waals surface area contributed by atoms with Gasteiger partial charge in [0.2, 0.25) is 5.91 Å². The fourth-order valence-corrected chi connectivity index (χ4v) is 2.72. The molecule has 2 unspecified atom stereocenters. The number of carbonyl (C=O) groups is 2. The molecule has 7 heteroatoms. The van der Waals surface area contributed by atoms with Crippen LogP contribution in [0.15, 0.2) is 0 Å². The van der Waals surface area contributed by atoms with Gasteiger partial charge < -0.3 is 20.3 Å². The lowest BCUT2D eigenvalue weighted by atomic mass is 10.1. The van der Waals surface area contributed by atoms with E-state index in [0.717, 1.165) is 25.9 Å². The van der Waals surface area contributed by atoms with Crippen molar-refractivity contribution < 1.29 is 14.3 Å². The number of hydrogen-bond donors (Lipinski definition) is 1. The maximum absolute atomic E-state index is 12.4. The van der Waals surface area contributed by atoms with Crippen LogP contribution in [-0.4, -0.2) is 92.1 Å². The topological polar surface area (TPSA) is 79.1 Å². The van der Waals surface area contributed by atoms with Crippen LogP contribution in [0.1, 0.15) is 12.8 Å². The Labute approximate surface area is 126 Å². The van der Waals surface area contributed by atoms with Crippen LogP contribution in [0.4, 0.5) is 0 Å². The van der Waals surface area contributed by atoms with Crippen LogP contribution in [0, 0.1) is 0 Å². The quantitative estimate of drug-likeness (QED) is 0.700. The maximum Gasteiger partial charge on any atom is 0.251 e. The SMILES string of the molecule is CN(C)C(=O)CN1CCN(C(=O)C2CCC(CN)O2)CC1. The minimum absolute atomic E-state index is 0.0259. The van der Waals surface area contributed by atoms with E-state index < -0.39 is 0 Å². The summed E-state index contributed by atoms with van der Waals surface area (Å²) in [6.07, 6.45) is 1.33. The van der Waals surface area contributed by atoms with Gasteiger partial charge in [-0.3, -0.25) is 14.5 Å². The highest BCUT2D eigenvalue weighted by Crippen LogP contribution is 2.21. The second-order valence-corrected chi connectivity index (χ2v) is 5.95. The van der Waals surface area contributed by atoms with Gasteiger partial charge in [0.05, 0.1) is 12.6 Å². The number of likely N-dealkylation sites (N-methyl/N-ethyl adjacent to an activating group) is 1. The Morgan fingerprint density at radius 2 is 1.86 bits per heavy atom. The Morgan fingerprint density at radius 3 is 2.38 bits per heavy atom. The lowest BCUT2D eigenvalue weighted by molar-refractivity contribution is -0.144. The summed E-state index contributed by atoms with van der Waals surface area (Å²) < 4.78 is 5.66. The average molecular weight is 298 g/mol. The Hall–Kier alpha value is -1.18. The van der Waals surface area contributed by atoms with Crippen molar-refractivity contribution in [1.82, 2.24) is 14.7 Å². The minimum Gasteiger partial charge on any atom is -0.364 e. The van der Waals surface area contributed by atoms with Crippen molar-refractivity contribution in [2.75, 3.05) is 53.4 Å². The summed E-state index contributed by atoms with van der Waals surface area (Å²) >= 11 is 0. The first-order valence-corrected chi connectivity index (χ1v) is 7.58. The number of piperazine rings is 1. The third-order valence-electron chi connectivity index (χ3n) is 4.19. The Bertz CT molecular complexity index is 380. The Morgan fingerprint density at radius 1 is 1.19 bits per heavy atom. The molecule has 0 aromatic rings. The monoisotopic (exact) mass is 298 g/mol. The zero-order chi connectivity index (χ0) is 15.4. The minimum atomic E-state index is -0.325. The van der Waals surface area contributed by atoms with Gasteiger partial charge >= 0.3 is 0 Å². The molecule has 120 valence electrons. The highest BCUT2D eigenvalue weighted by molar-refractivity contribution is 5.81.